The van der Waals surface area contributed by atoms with Gasteiger partial charge in [-0.2, -0.15) is 0 Å². The molecule has 0 atom stereocenters. The zero-order valence-electron chi connectivity index (χ0n) is 20.0. The third-order valence-electron chi connectivity index (χ3n) is 6.89. The number of aryl methyl sites for hydroxylation is 3. The summed E-state index contributed by atoms with van der Waals surface area (Å²) in [4.78, 5) is 41.5. The summed E-state index contributed by atoms with van der Waals surface area (Å²) in [5.74, 6) is -0.764. The van der Waals surface area contributed by atoms with Crippen molar-refractivity contribution in [3.8, 4) is 0 Å². The van der Waals surface area contributed by atoms with Crippen molar-refractivity contribution in [1.82, 2.24) is 14.9 Å². The number of ketones is 1. The summed E-state index contributed by atoms with van der Waals surface area (Å²) in [6.45, 7) is 2.77. The number of carbonyl (C=O) groups excluding carboxylic acids is 2. The van der Waals surface area contributed by atoms with E-state index in [0.29, 0.717) is 36.3 Å². The number of rotatable bonds is 10. The van der Waals surface area contributed by atoms with Crippen LogP contribution in [0, 0.1) is 12.3 Å². The van der Waals surface area contributed by atoms with E-state index in [1.165, 1.54) is 0 Å². The molecule has 1 amide bonds. The second kappa shape index (κ2) is 10.7. The predicted octanol–water partition coefficient (Wildman–Crippen LogP) is 4.43. The van der Waals surface area contributed by atoms with Crippen LogP contribution in [0.4, 0.5) is 0 Å². The highest BCUT2D eigenvalue weighted by molar-refractivity contribution is 6.06. The zero-order valence-corrected chi connectivity index (χ0v) is 20.0. The number of aromatic nitrogens is 2. The Morgan fingerprint density at radius 1 is 1.06 bits per heavy atom. The van der Waals surface area contributed by atoms with E-state index in [4.69, 9.17) is 0 Å². The molecule has 0 unspecified atom stereocenters. The molecule has 1 aromatic heterocycles. The summed E-state index contributed by atoms with van der Waals surface area (Å²) in [5.41, 5.74) is 2.41. The largest absolute Gasteiger partial charge is 0.481 e. The molecule has 1 saturated carbocycles. The molecule has 7 nitrogen and oxygen atoms in total. The number of amides is 1. The van der Waals surface area contributed by atoms with Crippen LogP contribution in [-0.4, -0.2) is 38.9 Å². The minimum Gasteiger partial charge on any atom is -0.481 e. The molecule has 0 saturated heterocycles. The van der Waals surface area contributed by atoms with Gasteiger partial charge in [-0.05, 0) is 50.3 Å². The van der Waals surface area contributed by atoms with E-state index in [-0.39, 0.29) is 18.2 Å². The first-order valence-corrected chi connectivity index (χ1v) is 12.1. The maximum absolute atomic E-state index is 12.8. The van der Waals surface area contributed by atoms with Gasteiger partial charge in [0.1, 0.15) is 0 Å². The number of aliphatic carboxylic acids is 1. The molecular weight excluding hydrogens is 442 g/mol. The Hall–Kier alpha value is -3.74. The van der Waals surface area contributed by atoms with Gasteiger partial charge in [-0.15, -0.1) is 0 Å². The fourth-order valence-electron chi connectivity index (χ4n) is 4.72. The lowest BCUT2D eigenvalue weighted by molar-refractivity contribution is -0.148. The Morgan fingerprint density at radius 3 is 2.51 bits per heavy atom. The van der Waals surface area contributed by atoms with Crippen LogP contribution in [0.5, 0.6) is 0 Å². The van der Waals surface area contributed by atoms with Crippen LogP contribution >= 0.6 is 0 Å². The first-order chi connectivity index (χ1) is 16.9. The number of hydrogen-bond acceptors (Lipinski definition) is 4. The summed E-state index contributed by atoms with van der Waals surface area (Å²) >= 11 is 0. The number of carbonyl (C=O) groups is 3. The quantitative estimate of drug-likeness (QED) is 0.424. The van der Waals surface area contributed by atoms with Crippen molar-refractivity contribution in [2.24, 2.45) is 5.41 Å². The lowest BCUT2D eigenvalue weighted by atomic mass is 9.86. The molecule has 0 spiro atoms. The molecule has 3 aromatic rings. The molecule has 0 bridgehead atoms. The lowest BCUT2D eigenvalue weighted by Gasteiger charge is -2.24. The van der Waals surface area contributed by atoms with E-state index in [9.17, 15) is 19.5 Å². The normalized spacial score (nSPS) is 14.5. The molecule has 4 rings (SSSR count). The second-order valence-electron chi connectivity index (χ2n) is 9.42. The van der Waals surface area contributed by atoms with E-state index in [1.807, 2.05) is 60.2 Å². The van der Waals surface area contributed by atoms with Crippen molar-refractivity contribution in [3.63, 3.8) is 0 Å². The molecule has 35 heavy (non-hydrogen) atoms. The van der Waals surface area contributed by atoms with E-state index in [0.717, 1.165) is 36.8 Å². The van der Waals surface area contributed by atoms with Gasteiger partial charge in [0.25, 0.3) is 5.91 Å². The number of benzene rings is 2. The molecule has 1 aliphatic rings. The summed E-state index contributed by atoms with van der Waals surface area (Å²) in [5, 5.41) is 12.5. The van der Waals surface area contributed by atoms with Crippen molar-refractivity contribution in [1.29, 1.82) is 0 Å². The van der Waals surface area contributed by atoms with Crippen LogP contribution in [0.25, 0.3) is 0 Å². The average Bonchev–Trinajstić information content (AvgIpc) is 3.53. The number of imidazole rings is 1. The van der Waals surface area contributed by atoms with Gasteiger partial charge in [-0.1, -0.05) is 54.8 Å². The second-order valence-corrected chi connectivity index (χ2v) is 9.42. The van der Waals surface area contributed by atoms with Crippen LogP contribution in [0.1, 0.15) is 69.8 Å². The molecule has 2 aromatic carbocycles. The SMILES string of the molecule is Cc1ccc(C(=O)c2nccn2CCCc2cccc(C(=O)NCC3(C(=O)O)CCCC3)c2)cc1. The molecule has 7 heteroatoms. The van der Waals surface area contributed by atoms with Gasteiger partial charge in [0.05, 0.1) is 5.41 Å². The first kappa shape index (κ1) is 24.4. The predicted molar refractivity (Wildman–Crippen MR) is 132 cm³/mol. The van der Waals surface area contributed by atoms with Gasteiger partial charge in [0.15, 0.2) is 5.82 Å². The van der Waals surface area contributed by atoms with E-state index >= 15 is 0 Å². The molecule has 1 aliphatic carbocycles. The van der Waals surface area contributed by atoms with Gasteiger partial charge < -0.3 is 15.0 Å². The van der Waals surface area contributed by atoms with Crippen molar-refractivity contribution >= 4 is 17.7 Å². The smallest absolute Gasteiger partial charge is 0.311 e. The van der Waals surface area contributed by atoms with Gasteiger partial charge in [-0.25, -0.2) is 4.98 Å². The molecule has 182 valence electrons. The number of hydrogen-bond donors (Lipinski definition) is 2. The Kier molecular flexibility index (Phi) is 7.44. The standard InChI is InChI=1S/C28H31N3O4/c1-20-9-11-22(12-10-20)24(32)25-29-15-17-31(25)16-5-7-21-6-4-8-23(18-21)26(33)30-19-28(27(34)35)13-2-3-14-28/h4,6,8-12,15,17-18H,2-3,5,7,13-14,16,19H2,1H3,(H,30,33)(H,34,35). The van der Waals surface area contributed by atoms with Gasteiger partial charge in [0, 0.05) is 36.6 Å². The van der Waals surface area contributed by atoms with Gasteiger partial charge in [0.2, 0.25) is 5.78 Å². The Bertz CT molecular complexity index is 1210. The summed E-state index contributed by atoms with van der Waals surface area (Å²) in [6.07, 6.45) is 7.93. The maximum atomic E-state index is 12.8. The number of carboxylic acids is 1. The minimum atomic E-state index is -0.841. The zero-order chi connectivity index (χ0) is 24.8. The highest BCUT2D eigenvalue weighted by Crippen LogP contribution is 2.37. The van der Waals surface area contributed by atoms with Crippen LogP contribution < -0.4 is 5.32 Å². The Labute approximate surface area is 205 Å². The first-order valence-electron chi connectivity index (χ1n) is 12.1. The van der Waals surface area contributed by atoms with Gasteiger partial charge >= 0.3 is 5.97 Å². The minimum absolute atomic E-state index is 0.102. The highest BCUT2D eigenvalue weighted by Gasteiger charge is 2.41. The van der Waals surface area contributed by atoms with E-state index in [2.05, 4.69) is 10.3 Å². The number of carboxylic acid groups (broad SMARTS) is 1. The number of nitrogens with zero attached hydrogens (tertiary/aromatic N) is 2. The molecule has 0 radical (unpaired) electrons. The fourth-order valence-corrected chi connectivity index (χ4v) is 4.72. The molecule has 1 fully saturated rings. The Morgan fingerprint density at radius 2 is 1.80 bits per heavy atom. The monoisotopic (exact) mass is 473 g/mol. The van der Waals surface area contributed by atoms with Crippen molar-refractivity contribution in [3.05, 3.63) is 89.0 Å². The summed E-state index contributed by atoms with van der Waals surface area (Å²) < 4.78 is 1.87. The van der Waals surface area contributed by atoms with Crippen LogP contribution in [-0.2, 0) is 17.8 Å². The number of nitrogens with one attached hydrogen (secondary N) is 1. The van der Waals surface area contributed by atoms with E-state index < -0.39 is 11.4 Å². The van der Waals surface area contributed by atoms with Crippen molar-refractivity contribution < 1.29 is 19.5 Å². The lowest BCUT2D eigenvalue weighted by Crippen LogP contribution is -2.41. The summed E-state index contributed by atoms with van der Waals surface area (Å²) in [7, 11) is 0. The molecule has 1 heterocycles. The highest BCUT2D eigenvalue weighted by atomic mass is 16.4. The maximum Gasteiger partial charge on any atom is 0.311 e. The van der Waals surface area contributed by atoms with Crippen molar-refractivity contribution in [2.45, 2.75) is 52.0 Å². The van der Waals surface area contributed by atoms with Crippen LogP contribution in [0.3, 0.4) is 0 Å². The van der Waals surface area contributed by atoms with Crippen molar-refractivity contribution in [2.75, 3.05) is 6.54 Å². The topological polar surface area (TPSA) is 101 Å². The van der Waals surface area contributed by atoms with Crippen LogP contribution in [0.2, 0.25) is 0 Å². The molecular formula is C28H31N3O4. The summed E-state index contributed by atoms with van der Waals surface area (Å²) in [6, 6.07) is 14.9. The Balaban J connectivity index is 1.33. The molecule has 0 aliphatic heterocycles. The fraction of sp³-hybridized carbons (Fsp3) is 0.357. The van der Waals surface area contributed by atoms with Gasteiger partial charge in [-0.3, -0.25) is 14.4 Å². The molecule has 2 N–H and O–H groups in total. The third-order valence-corrected chi connectivity index (χ3v) is 6.89. The van der Waals surface area contributed by atoms with Crippen LogP contribution in [0.15, 0.2) is 60.9 Å². The average molecular weight is 474 g/mol. The third kappa shape index (κ3) is 5.67. The van der Waals surface area contributed by atoms with E-state index in [1.54, 1.807) is 12.3 Å².